The van der Waals surface area contributed by atoms with Crippen LogP contribution in [-0.2, 0) is 4.79 Å². The number of carbonyl (C=O) groups is 1. The first kappa shape index (κ1) is 20.8. The second kappa shape index (κ2) is 11.3. The van der Waals surface area contributed by atoms with E-state index in [2.05, 4.69) is 42.7 Å². The molecule has 1 aromatic carbocycles. The lowest BCUT2D eigenvalue weighted by molar-refractivity contribution is -0.121. The quantitative estimate of drug-likeness (QED) is 0.668. The Hall–Kier alpha value is -1.26. The van der Waals surface area contributed by atoms with Gasteiger partial charge >= 0.3 is 0 Å². The molecule has 2 rings (SSSR count). The minimum absolute atomic E-state index is 0. The number of aryl methyl sites for hydroxylation is 2. The van der Waals surface area contributed by atoms with E-state index in [1.165, 1.54) is 12.0 Å². The summed E-state index contributed by atoms with van der Waals surface area (Å²) >= 11 is 0. The molecule has 0 aliphatic carbocycles. The fraction of sp³-hybridized carbons (Fsp3) is 0.632. The van der Waals surface area contributed by atoms with Crippen LogP contribution in [0.2, 0.25) is 0 Å². The predicted octanol–water partition coefficient (Wildman–Crippen LogP) is 3.39. The third-order valence-electron chi connectivity index (χ3n) is 4.44. The molecule has 0 saturated carbocycles. The van der Waals surface area contributed by atoms with Gasteiger partial charge in [-0.1, -0.05) is 12.1 Å². The number of ether oxygens (including phenoxy) is 1. The zero-order valence-electron chi connectivity index (χ0n) is 14.9. The van der Waals surface area contributed by atoms with Crippen molar-refractivity contribution in [3.8, 4) is 5.75 Å². The fourth-order valence-corrected chi connectivity index (χ4v) is 2.90. The molecule has 0 radical (unpaired) electrons. The highest BCUT2D eigenvalue weighted by Crippen LogP contribution is 2.19. The maximum absolute atomic E-state index is 11.8. The molecule has 4 nitrogen and oxygen atoms in total. The summed E-state index contributed by atoms with van der Waals surface area (Å²) in [7, 11) is 0. The Morgan fingerprint density at radius 3 is 2.92 bits per heavy atom. The van der Waals surface area contributed by atoms with E-state index in [9.17, 15) is 4.79 Å². The molecular formula is C19H31ClN2O2. The van der Waals surface area contributed by atoms with Crippen molar-refractivity contribution in [2.24, 2.45) is 5.92 Å². The molecule has 0 bridgehead atoms. The van der Waals surface area contributed by atoms with E-state index in [1.807, 2.05) is 0 Å². The highest BCUT2D eigenvalue weighted by atomic mass is 35.5. The second-order valence-electron chi connectivity index (χ2n) is 6.57. The summed E-state index contributed by atoms with van der Waals surface area (Å²) in [6, 6.07) is 6.24. The minimum atomic E-state index is 0. The largest absolute Gasteiger partial charge is 0.493 e. The molecule has 1 aliphatic rings. The zero-order valence-corrected chi connectivity index (χ0v) is 15.7. The van der Waals surface area contributed by atoms with Crippen LogP contribution in [0.15, 0.2) is 18.2 Å². The van der Waals surface area contributed by atoms with Crippen LogP contribution in [0, 0.1) is 19.8 Å². The first-order valence-electron chi connectivity index (χ1n) is 8.82. The van der Waals surface area contributed by atoms with Crippen molar-refractivity contribution in [2.45, 2.75) is 46.0 Å². The molecule has 0 spiro atoms. The van der Waals surface area contributed by atoms with Gasteiger partial charge < -0.3 is 15.4 Å². The molecule has 136 valence electrons. The Kier molecular flexibility index (Phi) is 9.80. The van der Waals surface area contributed by atoms with Gasteiger partial charge in [0.25, 0.3) is 0 Å². The fourth-order valence-electron chi connectivity index (χ4n) is 2.90. The molecule has 1 fully saturated rings. The van der Waals surface area contributed by atoms with Crippen LogP contribution in [0.1, 0.15) is 43.2 Å². The van der Waals surface area contributed by atoms with Gasteiger partial charge in [-0.25, -0.2) is 0 Å². The number of benzene rings is 1. The Labute approximate surface area is 152 Å². The summed E-state index contributed by atoms with van der Waals surface area (Å²) in [5.74, 6) is 1.86. The van der Waals surface area contributed by atoms with Gasteiger partial charge in [-0.3, -0.25) is 4.79 Å². The van der Waals surface area contributed by atoms with E-state index in [4.69, 9.17) is 4.74 Å². The molecule has 5 heteroatoms. The monoisotopic (exact) mass is 354 g/mol. The van der Waals surface area contributed by atoms with Crippen molar-refractivity contribution in [3.05, 3.63) is 29.3 Å². The molecule has 1 aliphatic heterocycles. The van der Waals surface area contributed by atoms with Gasteiger partial charge in [0.1, 0.15) is 5.75 Å². The van der Waals surface area contributed by atoms with Gasteiger partial charge in [-0.05, 0) is 75.7 Å². The number of amides is 1. The van der Waals surface area contributed by atoms with Crippen LogP contribution in [-0.4, -0.2) is 32.1 Å². The van der Waals surface area contributed by atoms with Crippen LogP contribution >= 0.6 is 12.4 Å². The maximum Gasteiger partial charge on any atom is 0.219 e. The van der Waals surface area contributed by atoms with Crippen LogP contribution in [0.4, 0.5) is 0 Å². The van der Waals surface area contributed by atoms with E-state index in [-0.39, 0.29) is 18.3 Å². The third kappa shape index (κ3) is 7.54. The summed E-state index contributed by atoms with van der Waals surface area (Å²) in [4.78, 5) is 11.8. The standard InChI is InChI=1S/C19H30N2O2.ClH/c1-15-6-7-16(2)18(13-15)23-12-4-3-5-19(22)21-11-9-17-8-10-20-14-17;/h6-7,13,17,20H,3-5,8-12,14H2,1-2H3,(H,21,22);1H. The number of rotatable bonds is 9. The summed E-state index contributed by atoms with van der Waals surface area (Å²) in [6.45, 7) is 7.83. The zero-order chi connectivity index (χ0) is 16.5. The Bertz CT molecular complexity index is 502. The molecule has 1 amide bonds. The lowest BCUT2D eigenvalue weighted by atomic mass is 10.1. The van der Waals surface area contributed by atoms with Gasteiger partial charge in [-0.2, -0.15) is 0 Å². The van der Waals surface area contributed by atoms with Crippen LogP contribution in [0.3, 0.4) is 0 Å². The van der Waals surface area contributed by atoms with Crippen molar-refractivity contribution < 1.29 is 9.53 Å². The van der Waals surface area contributed by atoms with E-state index in [0.29, 0.717) is 13.0 Å². The van der Waals surface area contributed by atoms with Crippen molar-refractivity contribution in [1.29, 1.82) is 0 Å². The number of nitrogens with one attached hydrogen (secondary N) is 2. The number of unbranched alkanes of at least 4 members (excludes halogenated alkanes) is 1. The summed E-state index contributed by atoms with van der Waals surface area (Å²) in [5.41, 5.74) is 2.37. The van der Waals surface area contributed by atoms with Gasteiger partial charge in [-0.15, -0.1) is 12.4 Å². The van der Waals surface area contributed by atoms with Gasteiger partial charge in [0.05, 0.1) is 6.61 Å². The van der Waals surface area contributed by atoms with Crippen LogP contribution in [0.25, 0.3) is 0 Å². The Morgan fingerprint density at radius 1 is 1.33 bits per heavy atom. The number of carbonyl (C=O) groups excluding carboxylic acids is 1. The first-order valence-corrected chi connectivity index (χ1v) is 8.82. The van der Waals surface area contributed by atoms with E-state index in [0.717, 1.165) is 56.1 Å². The molecule has 1 saturated heterocycles. The Morgan fingerprint density at radius 2 is 2.17 bits per heavy atom. The number of hydrogen-bond acceptors (Lipinski definition) is 3. The van der Waals surface area contributed by atoms with Gasteiger partial charge in [0.15, 0.2) is 0 Å². The summed E-state index contributed by atoms with van der Waals surface area (Å²) in [5, 5.41) is 6.38. The molecule has 1 heterocycles. The molecular weight excluding hydrogens is 324 g/mol. The van der Waals surface area contributed by atoms with E-state index >= 15 is 0 Å². The molecule has 2 N–H and O–H groups in total. The van der Waals surface area contributed by atoms with Crippen LogP contribution < -0.4 is 15.4 Å². The molecule has 1 unspecified atom stereocenters. The average Bonchev–Trinajstić information content (AvgIpc) is 3.03. The number of halogens is 1. The van der Waals surface area contributed by atoms with Crippen LogP contribution in [0.5, 0.6) is 5.75 Å². The molecule has 0 aromatic heterocycles. The third-order valence-corrected chi connectivity index (χ3v) is 4.44. The van der Waals surface area contributed by atoms with Gasteiger partial charge in [0.2, 0.25) is 5.91 Å². The number of hydrogen-bond donors (Lipinski definition) is 2. The highest BCUT2D eigenvalue weighted by molar-refractivity contribution is 5.85. The normalized spacial score (nSPS) is 16.5. The van der Waals surface area contributed by atoms with E-state index < -0.39 is 0 Å². The minimum Gasteiger partial charge on any atom is -0.493 e. The maximum atomic E-state index is 11.8. The topological polar surface area (TPSA) is 50.4 Å². The molecule has 24 heavy (non-hydrogen) atoms. The first-order chi connectivity index (χ1) is 11.1. The highest BCUT2D eigenvalue weighted by Gasteiger charge is 2.13. The van der Waals surface area contributed by atoms with Gasteiger partial charge in [0, 0.05) is 13.0 Å². The van der Waals surface area contributed by atoms with Crippen molar-refractivity contribution in [3.63, 3.8) is 0 Å². The average molecular weight is 355 g/mol. The smallest absolute Gasteiger partial charge is 0.219 e. The summed E-state index contributed by atoms with van der Waals surface area (Å²) < 4.78 is 5.81. The lowest BCUT2D eigenvalue weighted by Crippen LogP contribution is -2.26. The van der Waals surface area contributed by atoms with Crippen molar-refractivity contribution in [2.75, 3.05) is 26.2 Å². The predicted molar refractivity (Wildman–Crippen MR) is 101 cm³/mol. The SMILES string of the molecule is Cc1ccc(C)c(OCCCCC(=O)NCCC2CCNC2)c1.Cl. The van der Waals surface area contributed by atoms with E-state index in [1.54, 1.807) is 0 Å². The lowest BCUT2D eigenvalue weighted by Gasteiger charge is -2.11. The summed E-state index contributed by atoms with van der Waals surface area (Å²) in [6.07, 6.45) is 4.72. The second-order valence-corrected chi connectivity index (χ2v) is 6.57. The Balaban J connectivity index is 0.00000288. The van der Waals surface area contributed by atoms with Crippen molar-refractivity contribution in [1.82, 2.24) is 10.6 Å². The molecule has 1 aromatic rings. The van der Waals surface area contributed by atoms with Crippen molar-refractivity contribution >= 4 is 18.3 Å². The molecule has 1 atom stereocenters.